The van der Waals surface area contributed by atoms with Crippen molar-refractivity contribution in [2.45, 2.75) is 31.4 Å². The van der Waals surface area contributed by atoms with Gasteiger partial charge in [0.05, 0.1) is 5.25 Å². The van der Waals surface area contributed by atoms with E-state index in [-0.39, 0.29) is 5.76 Å². The van der Waals surface area contributed by atoms with Crippen LogP contribution in [0.5, 0.6) is 0 Å². The number of carbonyl (C=O) groups is 1. The number of amides is 1. The molecule has 2 heterocycles. The predicted octanol–water partition coefficient (Wildman–Crippen LogP) is 1.75. The van der Waals surface area contributed by atoms with Crippen molar-refractivity contribution in [3.05, 3.63) is 29.7 Å². The monoisotopic (exact) mass is 294 g/mol. The second-order valence-corrected chi connectivity index (χ2v) is 6.94. The molecule has 0 saturated heterocycles. The lowest BCUT2D eigenvalue weighted by atomic mass is 10.0. The number of rotatable bonds is 3. The standard InChI is InChI=1S/C13H14N2O4S/c1-8-5-6-11-10(14-8)7-12(19-11)13(16)15-20(17,18)9-3-2-4-9/h5-7,9H,2-4H2,1H3,(H,15,16). The van der Waals surface area contributed by atoms with Gasteiger partial charge in [0.1, 0.15) is 5.52 Å². The fourth-order valence-electron chi connectivity index (χ4n) is 2.08. The van der Waals surface area contributed by atoms with E-state index in [9.17, 15) is 13.2 Å². The van der Waals surface area contributed by atoms with Crippen molar-refractivity contribution in [1.29, 1.82) is 0 Å². The Labute approximate surface area is 116 Å². The highest BCUT2D eigenvalue weighted by atomic mass is 32.2. The van der Waals surface area contributed by atoms with Gasteiger partial charge in [-0.15, -0.1) is 0 Å². The first-order chi connectivity index (χ1) is 9.45. The Bertz CT molecular complexity index is 775. The summed E-state index contributed by atoms with van der Waals surface area (Å²) in [7, 11) is -3.60. The molecule has 0 bridgehead atoms. The van der Waals surface area contributed by atoms with Crippen molar-refractivity contribution >= 4 is 27.0 Å². The van der Waals surface area contributed by atoms with Gasteiger partial charge in [-0.1, -0.05) is 6.42 Å². The van der Waals surface area contributed by atoms with Crippen molar-refractivity contribution in [1.82, 2.24) is 9.71 Å². The van der Waals surface area contributed by atoms with Crippen LogP contribution in [-0.2, 0) is 10.0 Å². The van der Waals surface area contributed by atoms with E-state index in [1.807, 2.05) is 6.92 Å². The van der Waals surface area contributed by atoms with Gasteiger partial charge < -0.3 is 4.42 Å². The summed E-state index contributed by atoms with van der Waals surface area (Å²) in [4.78, 5) is 16.2. The number of aromatic nitrogens is 1. The number of furan rings is 1. The zero-order valence-corrected chi connectivity index (χ0v) is 11.7. The number of nitrogens with zero attached hydrogens (tertiary/aromatic N) is 1. The number of aryl methyl sites for hydroxylation is 1. The molecule has 2 aromatic rings. The topological polar surface area (TPSA) is 89.3 Å². The third-order valence-corrected chi connectivity index (χ3v) is 5.28. The molecule has 1 fully saturated rings. The first-order valence-electron chi connectivity index (χ1n) is 6.39. The minimum atomic E-state index is -3.60. The van der Waals surface area contributed by atoms with Crippen molar-refractivity contribution in [3.63, 3.8) is 0 Å². The van der Waals surface area contributed by atoms with Crippen LogP contribution in [0.2, 0.25) is 0 Å². The van der Waals surface area contributed by atoms with Crippen LogP contribution >= 0.6 is 0 Å². The van der Waals surface area contributed by atoms with Crippen molar-refractivity contribution in [2.75, 3.05) is 0 Å². The summed E-state index contributed by atoms with van der Waals surface area (Å²) in [5, 5.41) is -0.462. The van der Waals surface area contributed by atoms with Crippen LogP contribution in [0.15, 0.2) is 22.6 Å². The number of nitrogens with one attached hydrogen (secondary N) is 1. The Balaban J connectivity index is 1.85. The van der Waals surface area contributed by atoms with Gasteiger partial charge in [0.25, 0.3) is 0 Å². The van der Waals surface area contributed by atoms with Gasteiger partial charge in [0.15, 0.2) is 11.3 Å². The average Bonchev–Trinajstić information content (AvgIpc) is 2.67. The largest absolute Gasteiger partial charge is 0.449 e. The average molecular weight is 294 g/mol. The first kappa shape index (κ1) is 13.1. The molecule has 1 aliphatic rings. The van der Waals surface area contributed by atoms with Gasteiger partial charge in [0, 0.05) is 11.8 Å². The number of fused-ring (bicyclic) bond motifs is 1. The lowest BCUT2D eigenvalue weighted by Gasteiger charge is -2.24. The molecule has 20 heavy (non-hydrogen) atoms. The number of carbonyl (C=O) groups excluding carboxylic acids is 1. The number of hydrogen-bond acceptors (Lipinski definition) is 5. The number of hydrogen-bond donors (Lipinski definition) is 1. The van der Waals surface area contributed by atoms with Crippen LogP contribution < -0.4 is 4.72 Å². The molecule has 1 aliphatic carbocycles. The molecule has 0 unspecified atom stereocenters. The fourth-order valence-corrected chi connectivity index (χ4v) is 3.56. The van der Waals surface area contributed by atoms with E-state index in [1.54, 1.807) is 12.1 Å². The Morgan fingerprint density at radius 1 is 1.40 bits per heavy atom. The lowest BCUT2D eigenvalue weighted by molar-refractivity contribution is 0.0956. The van der Waals surface area contributed by atoms with Gasteiger partial charge in [-0.05, 0) is 31.9 Å². The Hall–Kier alpha value is -1.89. The maximum Gasteiger partial charge on any atom is 0.300 e. The molecule has 0 atom stereocenters. The van der Waals surface area contributed by atoms with Gasteiger partial charge in [-0.25, -0.2) is 18.1 Å². The SMILES string of the molecule is Cc1ccc2oc(C(=O)NS(=O)(=O)C3CCC3)cc2n1. The van der Waals surface area contributed by atoms with E-state index in [2.05, 4.69) is 9.71 Å². The lowest BCUT2D eigenvalue weighted by Crippen LogP contribution is -2.41. The molecule has 1 saturated carbocycles. The van der Waals surface area contributed by atoms with Crippen molar-refractivity contribution in [2.24, 2.45) is 0 Å². The highest BCUT2D eigenvalue weighted by Crippen LogP contribution is 2.25. The van der Waals surface area contributed by atoms with Gasteiger partial charge in [-0.2, -0.15) is 0 Å². The molecule has 2 aromatic heterocycles. The molecule has 7 heteroatoms. The van der Waals surface area contributed by atoms with Crippen molar-refractivity contribution < 1.29 is 17.6 Å². The predicted molar refractivity (Wildman–Crippen MR) is 72.8 cm³/mol. The smallest absolute Gasteiger partial charge is 0.300 e. The molecule has 1 N–H and O–H groups in total. The van der Waals surface area contributed by atoms with Crippen LogP contribution in [0, 0.1) is 6.92 Å². The van der Waals surface area contributed by atoms with Crippen LogP contribution in [0.3, 0.4) is 0 Å². The molecule has 0 aliphatic heterocycles. The molecule has 0 radical (unpaired) electrons. The molecule has 0 spiro atoms. The highest BCUT2D eigenvalue weighted by molar-refractivity contribution is 7.90. The number of sulfonamides is 1. The summed E-state index contributed by atoms with van der Waals surface area (Å²) >= 11 is 0. The van der Waals surface area contributed by atoms with E-state index in [0.717, 1.165) is 12.1 Å². The van der Waals surface area contributed by atoms with Crippen molar-refractivity contribution in [3.8, 4) is 0 Å². The quantitative estimate of drug-likeness (QED) is 0.931. The van der Waals surface area contributed by atoms with Crippen LogP contribution in [0.25, 0.3) is 11.1 Å². The van der Waals surface area contributed by atoms with Crippen LogP contribution in [0.1, 0.15) is 35.5 Å². The second kappa shape index (κ2) is 4.59. The zero-order chi connectivity index (χ0) is 14.3. The maximum absolute atomic E-state index is 11.9. The Morgan fingerprint density at radius 3 is 2.80 bits per heavy atom. The molecule has 1 amide bonds. The summed E-state index contributed by atoms with van der Waals surface area (Å²) in [5.41, 5.74) is 1.80. The maximum atomic E-state index is 11.9. The summed E-state index contributed by atoms with van der Waals surface area (Å²) in [6.45, 7) is 1.83. The second-order valence-electron chi connectivity index (χ2n) is 4.98. The van der Waals surface area contributed by atoms with Crippen LogP contribution in [-0.4, -0.2) is 24.6 Å². The molecule has 0 aromatic carbocycles. The zero-order valence-electron chi connectivity index (χ0n) is 10.9. The van der Waals surface area contributed by atoms with Gasteiger partial charge in [-0.3, -0.25) is 4.79 Å². The minimum Gasteiger partial charge on any atom is -0.449 e. The van der Waals surface area contributed by atoms with E-state index < -0.39 is 21.2 Å². The third kappa shape index (κ3) is 2.29. The summed E-state index contributed by atoms with van der Waals surface area (Å²) in [6, 6.07) is 4.92. The summed E-state index contributed by atoms with van der Waals surface area (Å²) < 4.78 is 31.1. The normalized spacial score (nSPS) is 16.1. The Kier molecular flexibility index (Phi) is 3.01. The third-order valence-electron chi connectivity index (χ3n) is 3.46. The van der Waals surface area contributed by atoms with E-state index >= 15 is 0 Å². The highest BCUT2D eigenvalue weighted by Gasteiger charge is 2.33. The molecular formula is C13H14N2O4S. The number of pyridine rings is 1. The van der Waals surface area contributed by atoms with E-state index in [1.165, 1.54) is 6.07 Å². The van der Waals surface area contributed by atoms with Gasteiger partial charge >= 0.3 is 5.91 Å². The van der Waals surface area contributed by atoms with Gasteiger partial charge in [0.2, 0.25) is 10.0 Å². The summed E-state index contributed by atoms with van der Waals surface area (Å²) in [6.07, 6.45) is 2.08. The molecule has 3 rings (SSSR count). The van der Waals surface area contributed by atoms with E-state index in [4.69, 9.17) is 4.42 Å². The fraction of sp³-hybridized carbons (Fsp3) is 0.385. The van der Waals surface area contributed by atoms with E-state index in [0.29, 0.717) is 23.9 Å². The summed E-state index contributed by atoms with van der Waals surface area (Å²) in [5.74, 6) is -0.784. The Morgan fingerprint density at radius 2 is 2.15 bits per heavy atom. The molecular weight excluding hydrogens is 280 g/mol. The first-order valence-corrected chi connectivity index (χ1v) is 7.93. The van der Waals surface area contributed by atoms with Crippen LogP contribution in [0.4, 0.5) is 0 Å². The minimum absolute atomic E-state index is 0.0407. The molecule has 6 nitrogen and oxygen atoms in total. The molecule has 106 valence electrons.